The monoisotopic (exact) mass is 213 g/mol. The molecule has 0 bridgehead atoms. The molecule has 0 aliphatic rings. The van der Waals surface area contributed by atoms with Crippen molar-refractivity contribution in [1.29, 1.82) is 0 Å². The van der Waals surface area contributed by atoms with Crippen molar-refractivity contribution in [3.8, 4) is 0 Å². The predicted octanol–water partition coefficient (Wildman–Crippen LogP) is 4.08. The average Bonchev–Trinajstić information content (AvgIpc) is 2.11. The fourth-order valence-electron chi connectivity index (χ4n) is 1.64. The summed E-state index contributed by atoms with van der Waals surface area (Å²) in [5, 5.41) is 3.59. The van der Waals surface area contributed by atoms with Crippen molar-refractivity contribution < 1.29 is 0 Å². The van der Waals surface area contributed by atoms with Gasteiger partial charge in [-0.1, -0.05) is 54.9 Å². The Morgan fingerprint density at radius 2 is 1.53 bits per heavy atom. The topological polar surface area (TPSA) is 12.0 Å². The van der Waals surface area contributed by atoms with E-state index in [4.69, 9.17) is 0 Å². The summed E-state index contributed by atoms with van der Waals surface area (Å²) in [6.07, 6.45) is 2.68. The fourth-order valence-corrected chi connectivity index (χ4v) is 1.64. The van der Waals surface area contributed by atoms with Crippen LogP contribution in [0.25, 0.3) is 0 Å². The van der Waals surface area contributed by atoms with Crippen LogP contribution in [0, 0.1) is 17.3 Å². The highest BCUT2D eigenvalue weighted by Crippen LogP contribution is 2.33. The van der Waals surface area contributed by atoms with Crippen molar-refractivity contribution in [1.82, 2.24) is 5.32 Å². The lowest BCUT2D eigenvalue weighted by Gasteiger charge is -2.35. The second-order valence-electron chi connectivity index (χ2n) is 6.28. The molecule has 0 aromatic heterocycles. The Labute approximate surface area is 97.0 Å². The van der Waals surface area contributed by atoms with Crippen LogP contribution < -0.4 is 5.32 Å². The zero-order chi connectivity index (χ0) is 12.1. The normalized spacial score (nSPS) is 16.4. The Morgan fingerprint density at radius 3 is 1.87 bits per heavy atom. The maximum Gasteiger partial charge on any atom is 0.00106 e. The van der Waals surface area contributed by atoms with Gasteiger partial charge in [0.15, 0.2) is 0 Å². The van der Waals surface area contributed by atoms with E-state index in [9.17, 15) is 0 Å². The average molecular weight is 213 g/mol. The molecular formula is C14H31N. The Morgan fingerprint density at radius 1 is 1.00 bits per heavy atom. The van der Waals surface area contributed by atoms with Gasteiger partial charge in [0.2, 0.25) is 0 Å². The van der Waals surface area contributed by atoms with Crippen LogP contribution in [0.15, 0.2) is 0 Å². The quantitative estimate of drug-likeness (QED) is 0.672. The molecule has 0 heterocycles. The van der Waals surface area contributed by atoms with Crippen LogP contribution in [-0.2, 0) is 0 Å². The van der Waals surface area contributed by atoms with Gasteiger partial charge in [-0.05, 0) is 23.7 Å². The first-order chi connectivity index (χ1) is 6.78. The molecule has 0 rings (SSSR count). The highest BCUT2D eigenvalue weighted by molar-refractivity contribution is 4.81. The second-order valence-corrected chi connectivity index (χ2v) is 6.28. The highest BCUT2D eigenvalue weighted by atomic mass is 14.9. The van der Waals surface area contributed by atoms with Gasteiger partial charge in [-0.25, -0.2) is 0 Å². The molecule has 1 atom stereocenters. The molecule has 0 saturated heterocycles. The predicted molar refractivity (Wildman–Crippen MR) is 70.2 cm³/mol. The Balaban J connectivity index is 4.19. The van der Waals surface area contributed by atoms with Gasteiger partial charge in [0.25, 0.3) is 0 Å². The summed E-state index contributed by atoms with van der Waals surface area (Å²) in [4.78, 5) is 0. The summed E-state index contributed by atoms with van der Waals surface area (Å²) in [6, 6.07) is 0.599. The van der Waals surface area contributed by atoms with Gasteiger partial charge in [0.05, 0.1) is 0 Å². The third kappa shape index (κ3) is 6.19. The van der Waals surface area contributed by atoms with Crippen molar-refractivity contribution in [2.45, 2.75) is 67.3 Å². The summed E-state index contributed by atoms with van der Waals surface area (Å²) < 4.78 is 0. The Kier molecular flexibility index (Phi) is 6.51. The molecule has 92 valence electrons. The van der Waals surface area contributed by atoms with Gasteiger partial charge >= 0.3 is 0 Å². The van der Waals surface area contributed by atoms with E-state index < -0.39 is 0 Å². The van der Waals surface area contributed by atoms with E-state index >= 15 is 0 Å². The zero-order valence-corrected chi connectivity index (χ0v) is 11.9. The number of hydrogen-bond donors (Lipinski definition) is 1. The van der Waals surface area contributed by atoms with Crippen LogP contribution in [-0.4, -0.2) is 12.6 Å². The molecule has 0 radical (unpaired) electrons. The summed E-state index contributed by atoms with van der Waals surface area (Å²) in [5.74, 6) is 1.57. The van der Waals surface area contributed by atoms with Crippen LogP contribution in [0.3, 0.4) is 0 Å². The molecule has 0 aromatic carbocycles. The summed E-state index contributed by atoms with van der Waals surface area (Å²) in [5.41, 5.74) is 0.453. The zero-order valence-electron chi connectivity index (χ0n) is 11.9. The molecule has 1 nitrogen and oxygen atoms in total. The van der Waals surface area contributed by atoms with E-state index in [-0.39, 0.29) is 0 Å². The number of hydrogen-bond acceptors (Lipinski definition) is 1. The van der Waals surface area contributed by atoms with Crippen LogP contribution >= 0.6 is 0 Å². The van der Waals surface area contributed by atoms with Crippen molar-refractivity contribution in [3.63, 3.8) is 0 Å². The fraction of sp³-hybridized carbons (Fsp3) is 1.00. The van der Waals surface area contributed by atoms with Crippen LogP contribution in [0.4, 0.5) is 0 Å². The van der Waals surface area contributed by atoms with Crippen LogP contribution in [0.5, 0.6) is 0 Å². The lowest BCUT2D eigenvalue weighted by molar-refractivity contribution is 0.174. The van der Waals surface area contributed by atoms with Gasteiger partial charge in [0, 0.05) is 12.6 Å². The third-order valence-electron chi connectivity index (χ3n) is 3.60. The van der Waals surface area contributed by atoms with Crippen molar-refractivity contribution in [2.75, 3.05) is 6.54 Å². The standard InChI is InChI=1S/C14H31N/c1-11(2)8-9-14(7,12(3)4)10-15-13(5)6/h11-13,15H,8-10H2,1-7H3. The minimum absolute atomic E-state index is 0.453. The molecule has 1 unspecified atom stereocenters. The van der Waals surface area contributed by atoms with Crippen molar-refractivity contribution >= 4 is 0 Å². The van der Waals surface area contributed by atoms with E-state index in [0.29, 0.717) is 11.5 Å². The molecule has 0 aromatic rings. The van der Waals surface area contributed by atoms with Gasteiger partial charge in [0.1, 0.15) is 0 Å². The Bertz CT molecular complexity index is 147. The SMILES string of the molecule is CC(C)CCC(C)(CNC(C)C)C(C)C. The molecule has 15 heavy (non-hydrogen) atoms. The molecule has 0 aliphatic carbocycles. The summed E-state index contributed by atoms with van der Waals surface area (Å²) in [7, 11) is 0. The lowest BCUT2D eigenvalue weighted by Crippen LogP contribution is -2.39. The minimum atomic E-state index is 0.453. The van der Waals surface area contributed by atoms with E-state index in [0.717, 1.165) is 18.4 Å². The van der Waals surface area contributed by atoms with E-state index in [1.165, 1.54) is 12.8 Å². The first-order valence-electron chi connectivity index (χ1n) is 6.51. The minimum Gasteiger partial charge on any atom is -0.314 e. The van der Waals surface area contributed by atoms with Gasteiger partial charge < -0.3 is 5.32 Å². The third-order valence-corrected chi connectivity index (χ3v) is 3.60. The van der Waals surface area contributed by atoms with Crippen LogP contribution in [0.1, 0.15) is 61.3 Å². The van der Waals surface area contributed by atoms with E-state index in [1.54, 1.807) is 0 Å². The molecule has 0 fully saturated rings. The summed E-state index contributed by atoms with van der Waals surface area (Å²) in [6.45, 7) is 17.4. The lowest BCUT2D eigenvalue weighted by atomic mass is 9.74. The highest BCUT2D eigenvalue weighted by Gasteiger charge is 2.27. The summed E-state index contributed by atoms with van der Waals surface area (Å²) >= 11 is 0. The van der Waals surface area contributed by atoms with Gasteiger partial charge in [-0.2, -0.15) is 0 Å². The van der Waals surface area contributed by atoms with Gasteiger partial charge in [-0.3, -0.25) is 0 Å². The van der Waals surface area contributed by atoms with Crippen molar-refractivity contribution in [2.24, 2.45) is 17.3 Å². The first kappa shape index (κ1) is 15.0. The second kappa shape index (κ2) is 6.52. The molecular weight excluding hydrogens is 182 g/mol. The van der Waals surface area contributed by atoms with Gasteiger partial charge in [-0.15, -0.1) is 0 Å². The molecule has 0 amide bonds. The van der Waals surface area contributed by atoms with Crippen LogP contribution in [0.2, 0.25) is 0 Å². The molecule has 1 N–H and O–H groups in total. The maximum atomic E-state index is 3.59. The largest absolute Gasteiger partial charge is 0.314 e. The maximum absolute atomic E-state index is 3.59. The van der Waals surface area contributed by atoms with Crippen molar-refractivity contribution in [3.05, 3.63) is 0 Å². The molecule has 1 heteroatoms. The number of rotatable bonds is 7. The smallest absolute Gasteiger partial charge is 0.00106 e. The molecule has 0 aliphatic heterocycles. The molecule has 0 saturated carbocycles. The number of nitrogens with one attached hydrogen (secondary N) is 1. The Hall–Kier alpha value is -0.0400. The van der Waals surface area contributed by atoms with E-state index in [1.807, 2.05) is 0 Å². The van der Waals surface area contributed by atoms with E-state index in [2.05, 4.69) is 53.8 Å². The molecule has 0 spiro atoms. The first-order valence-corrected chi connectivity index (χ1v) is 6.51.